The summed E-state index contributed by atoms with van der Waals surface area (Å²) in [5.41, 5.74) is 0.939. The lowest BCUT2D eigenvalue weighted by Crippen LogP contribution is -2.16. The summed E-state index contributed by atoms with van der Waals surface area (Å²) >= 11 is 0. The predicted octanol–water partition coefficient (Wildman–Crippen LogP) is 2.60. The molecule has 24 heavy (non-hydrogen) atoms. The Labute approximate surface area is 139 Å². The third kappa shape index (κ3) is 4.33. The molecule has 6 nitrogen and oxygen atoms in total. The highest BCUT2D eigenvalue weighted by molar-refractivity contribution is 6.41. The Hall–Kier alpha value is -2.86. The lowest BCUT2D eigenvalue weighted by Gasteiger charge is -2.13. The highest BCUT2D eigenvalue weighted by Crippen LogP contribution is 2.23. The molecule has 0 radical (unpaired) electrons. The van der Waals surface area contributed by atoms with Crippen molar-refractivity contribution in [3.63, 3.8) is 0 Å². The fraction of sp³-hybridized carbons (Fsp3) is 0.222. The van der Waals surface area contributed by atoms with E-state index in [-0.39, 0.29) is 19.0 Å². The lowest BCUT2D eigenvalue weighted by molar-refractivity contribution is -0.135. The molecule has 0 saturated heterocycles. The van der Waals surface area contributed by atoms with Gasteiger partial charge < -0.3 is 18.9 Å². The van der Waals surface area contributed by atoms with Gasteiger partial charge in [0.2, 0.25) is 0 Å². The highest BCUT2D eigenvalue weighted by Gasteiger charge is 2.20. The largest absolute Gasteiger partial charge is 0.488 e. The molecule has 0 N–H and O–H groups in total. The maximum absolute atomic E-state index is 12.0. The Morgan fingerprint density at radius 1 is 0.875 bits per heavy atom. The van der Waals surface area contributed by atoms with Gasteiger partial charge in [-0.05, 0) is 18.2 Å². The van der Waals surface area contributed by atoms with Gasteiger partial charge in [0.1, 0.15) is 18.1 Å². The maximum Gasteiger partial charge on any atom is 0.379 e. The van der Waals surface area contributed by atoms with Crippen LogP contribution in [0.25, 0.3) is 0 Å². The normalized spacial score (nSPS) is 10.1. The van der Waals surface area contributed by atoms with Gasteiger partial charge in [0.25, 0.3) is 5.78 Å². The Kier molecular flexibility index (Phi) is 6.33. The van der Waals surface area contributed by atoms with E-state index in [1.165, 1.54) is 13.2 Å². The summed E-state index contributed by atoms with van der Waals surface area (Å²) in [6, 6.07) is 13.8. The van der Waals surface area contributed by atoms with E-state index >= 15 is 0 Å². The van der Waals surface area contributed by atoms with E-state index in [1.807, 2.05) is 18.2 Å². The van der Waals surface area contributed by atoms with E-state index in [2.05, 4.69) is 4.74 Å². The molecular formula is C18H18O6. The summed E-state index contributed by atoms with van der Waals surface area (Å²) in [5.74, 6) is -0.766. The lowest BCUT2D eigenvalue weighted by atomic mass is 10.1. The summed E-state index contributed by atoms with van der Waals surface area (Å²) in [7, 11) is 2.70. The Balaban J connectivity index is 2.16. The minimum Gasteiger partial charge on any atom is -0.488 e. The Morgan fingerprint density at radius 2 is 1.54 bits per heavy atom. The van der Waals surface area contributed by atoms with Crippen LogP contribution in [0.4, 0.5) is 0 Å². The van der Waals surface area contributed by atoms with Crippen LogP contribution in [-0.2, 0) is 20.9 Å². The van der Waals surface area contributed by atoms with E-state index in [9.17, 15) is 9.59 Å². The summed E-state index contributed by atoms with van der Waals surface area (Å²) in [6.45, 7) is 0.291. The van der Waals surface area contributed by atoms with Crippen molar-refractivity contribution in [2.24, 2.45) is 0 Å². The second-order valence-corrected chi connectivity index (χ2v) is 4.76. The average molecular weight is 330 g/mol. The molecule has 0 aromatic heterocycles. The minimum atomic E-state index is -0.935. The molecule has 126 valence electrons. The smallest absolute Gasteiger partial charge is 0.379 e. The first-order valence-corrected chi connectivity index (χ1v) is 7.21. The van der Waals surface area contributed by atoms with Crippen molar-refractivity contribution in [3.05, 3.63) is 59.7 Å². The van der Waals surface area contributed by atoms with Crippen LogP contribution in [0.1, 0.15) is 15.9 Å². The number of para-hydroxylation sites is 2. The third-order valence-electron chi connectivity index (χ3n) is 3.19. The van der Waals surface area contributed by atoms with E-state index < -0.39 is 11.8 Å². The second-order valence-electron chi connectivity index (χ2n) is 4.76. The molecule has 0 saturated carbocycles. The van der Waals surface area contributed by atoms with Crippen LogP contribution in [0, 0.1) is 0 Å². The summed E-state index contributed by atoms with van der Waals surface area (Å²) in [5, 5.41) is 0. The first kappa shape index (κ1) is 17.5. The molecule has 0 bridgehead atoms. The number of methoxy groups -OCH3 is 2. The van der Waals surface area contributed by atoms with Crippen molar-refractivity contribution in [2.75, 3.05) is 21.0 Å². The number of ketones is 1. The van der Waals surface area contributed by atoms with Crippen molar-refractivity contribution >= 4 is 11.8 Å². The van der Waals surface area contributed by atoms with Crippen LogP contribution in [0.15, 0.2) is 48.5 Å². The standard InChI is InChI=1S/C18H18O6/c1-21-12-24-15-9-5-3-7-13(15)11-23-16-10-6-4-8-14(16)17(19)18(20)22-2/h3-10H,11-12H2,1-2H3. The van der Waals surface area contributed by atoms with Crippen molar-refractivity contribution in [1.29, 1.82) is 0 Å². The zero-order valence-corrected chi connectivity index (χ0v) is 13.5. The van der Waals surface area contributed by atoms with Crippen molar-refractivity contribution in [3.8, 4) is 11.5 Å². The monoisotopic (exact) mass is 330 g/mol. The average Bonchev–Trinajstić information content (AvgIpc) is 2.64. The molecule has 0 spiro atoms. The number of Topliss-reactive ketones (excluding diaryl/α,β-unsaturated/α-hetero) is 1. The molecular weight excluding hydrogens is 312 g/mol. The number of carbonyl (C=O) groups is 2. The van der Waals surface area contributed by atoms with E-state index in [1.54, 1.807) is 24.3 Å². The molecule has 0 aliphatic rings. The Bertz CT molecular complexity index is 710. The third-order valence-corrected chi connectivity index (χ3v) is 3.19. The van der Waals surface area contributed by atoms with Crippen LogP contribution in [0.5, 0.6) is 11.5 Å². The molecule has 0 aliphatic heterocycles. The predicted molar refractivity (Wildman–Crippen MR) is 86.1 cm³/mol. The molecule has 2 aromatic rings. The quantitative estimate of drug-likeness (QED) is 0.321. The van der Waals surface area contributed by atoms with Crippen LogP contribution < -0.4 is 9.47 Å². The molecule has 2 rings (SSSR count). The van der Waals surface area contributed by atoms with Gasteiger partial charge in [-0.2, -0.15) is 0 Å². The van der Waals surface area contributed by atoms with E-state index in [0.29, 0.717) is 11.5 Å². The minimum absolute atomic E-state index is 0.119. The van der Waals surface area contributed by atoms with Gasteiger partial charge in [0.15, 0.2) is 6.79 Å². The second kappa shape index (κ2) is 8.69. The van der Waals surface area contributed by atoms with Crippen molar-refractivity contribution < 1.29 is 28.5 Å². The number of rotatable bonds is 8. The van der Waals surface area contributed by atoms with Crippen molar-refractivity contribution in [1.82, 2.24) is 0 Å². The SMILES string of the molecule is COCOc1ccccc1COc1ccccc1C(=O)C(=O)OC. The van der Waals surface area contributed by atoms with Gasteiger partial charge in [0.05, 0.1) is 12.7 Å². The molecule has 6 heteroatoms. The van der Waals surface area contributed by atoms with Gasteiger partial charge in [-0.25, -0.2) is 4.79 Å². The van der Waals surface area contributed by atoms with Gasteiger partial charge in [-0.1, -0.05) is 30.3 Å². The van der Waals surface area contributed by atoms with Gasteiger partial charge in [0, 0.05) is 12.7 Å². The fourth-order valence-corrected chi connectivity index (χ4v) is 2.02. The van der Waals surface area contributed by atoms with Gasteiger partial charge in [-0.15, -0.1) is 0 Å². The zero-order chi connectivity index (χ0) is 17.4. The maximum atomic E-state index is 12.0. The summed E-state index contributed by atoms with van der Waals surface area (Å²) < 4.78 is 20.5. The van der Waals surface area contributed by atoms with E-state index in [0.717, 1.165) is 12.7 Å². The molecule has 0 unspecified atom stereocenters. The molecule has 0 amide bonds. The van der Waals surface area contributed by atoms with Crippen LogP contribution in [0.3, 0.4) is 0 Å². The number of ether oxygens (including phenoxy) is 4. The number of hydrogen-bond acceptors (Lipinski definition) is 6. The molecule has 0 aliphatic carbocycles. The van der Waals surface area contributed by atoms with Gasteiger partial charge in [-0.3, -0.25) is 4.79 Å². The fourth-order valence-electron chi connectivity index (χ4n) is 2.02. The Morgan fingerprint density at radius 3 is 2.25 bits per heavy atom. The summed E-state index contributed by atoms with van der Waals surface area (Å²) in [6.07, 6.45) is 0. The molecule has 2 aromatic carbocycles. The highest BCUT2D eigenvalue weighted by atomic mass is 16.7. The number of esters is 1. The first-order chi connectivity index (χ1) is 11.7. The van der Waals surface area contributed by atoms with E-state index in [4.69, 9.17) is 14.2 Å². The number of benzene rings is 2. The number of hydrogen-bond donors (Lipinski definition) is 0. The zero-order valence-electron chi connectivity index (χ0n) is 13.5. The van der Waals surface area contributed by atoms with Crippen molar-refractivity contribution in [2.45, 2.75) is 6.61 Å². The van der Waals surface area contributed by atoms with Crippen LogP contribution in [-0.4, -0.2) is 32.8 Å². The van der Waals surface area contributed by atoms with Crippen LogP contribution >= 0.6 is 0 Å². The molecule has 0 heterocycles. The molecule has 0 atom stereocenters. The number of carbonyl (C=O) groups excluding carboxylic acids is 2. The summed E-state index contributed by atoms with van der Waals surface area (Å²) in [4.78, 5) is 23.5. The first-order valence-electron chi connectivity index (χ1n) is 7.21. The van der Waals surface area contributed by atoms with Gasteiger partial charge >= 0.3 is 5.97 Å². The molecule has 0 fully saturated rings. The van der Waals surface area contributed by atoms with Crippen LogP contribution in [0.2, 0.25) is 0 Å². The topological polar surface area (TPSA) is 71.1 Å².